The molecule has 0 amide bonds. The Morgan fingerprint density at radius 1 is 1.43 bits per heavy atom. The van der Waals surface area contributed by atoms with Crippen molar-refractivity contribution in [1.29, 1.82) is 0 Å². The molecule has 0 bridgehead atoms. The lowest BCUT2D eigenvalue weighted by atomic mass is 9.88. The standard InChI is InChI=1S/C12H25NO/c1-10(2)8-13-9-11-5-6-14-12(3,4)7-11/h10-11,13H,5-9H2,1-4H3/t11-/m0/s1. The van der Waals surface area contributed by atoms with Gasteiger partial charge in [-0.1, -0.05) is 13.8 Å². The molecule has 0 saturated carbocycles. The van der Waals surface area contributed by atoms with Crippen molar-refractivity contribution in [1.82, 2.24) is 5.32 Å². The van der Waals surface area contributed by atoms with E-state index in [1.165, 1.54) is 12.8 Å². The molecule has 1 saturated heterocycles. The molecule has 1 rings (SSSR count). The SMILES string of the molecule is CC(C)CNC[C@H]1CCOC(C)(C)C1. The smallest absolute Gasteiger partial charge is 0.0629 e. The summed E-state index contributed by atoms with van der Waals surface area (Å²) >= 11 is 0. The van der Waals surface area contributed by atoms with Gasteiger partial charge in [-0.25, -0.2) is 0 Å². The minimum atomic E-state index is 0.0996. The van der Waals surface area contributed by atoms with E-state index in [1.54, 1.807) is 0 Å². The fraction of sp³-hybridized carbons (Fsp3) is 1.00. The van der Waals surface area contributed by atoms with Crippen LogP contribution in [-0.4, -0.2) is 25.3 Å². The second-order valence-electron chi connectivity index (χ2n) is 5.52. The second-order valence-corrected chi connectivity index (χ2v) is 5.52. The average Bonchev–Trinajstić information content (AvgIpc) is 2.01. The third kappa shape index (κ3) is 4.43. The number of hydrogen-bond donors (Lipinski definition) is 1. The number of hydrogen-bond acceptors (Lipinski definition) is 2. The summed E-state index contributed by atoms with van der Waals surface area (Å²) in [6.07, 6.45) is 2.41. The van der Waals surface area contributed by atoms with E-state index in [0.29, 0.717) is 0 Å². The molecular weight excluding hydrogens is 174 g/mol. The summed E-state index contributed by atoms with van der Waals surface area (Å²) in [5, 5.41) is 3.54. The van der Waals surface area contributed by atoms with Gasteiger partial charge in [0.25, 0.3) is 0 Å². The lowest BCUT2D eigenvalue weighted by molar-refractivity contribution is -0.0718. The van der Waals surface area contributed by atoms with E-state index in [1.807, 2.05) is 0 Å². The van der Waals surface area contributed by atoms with Gasteiger partial charge in [-0.15, -0.1) is 0 Å². The summed E-state index contributed by atoms with van der Waals surface area (Å²) in [4.78, 5) is 0. The topological polar surface area (TPSA) is 21.3 Å². The molecule has 1 fully saturated rings. The van der Waals surface area contributed by atoms with E-state index in [2.05, 4.69) is 33.0 Å². The molecular formula is C12H25NO. The zero-order chi connectivity index (χ0) is 10.6. The molecule has 1 aliphatic rings. The van der Waals surface area contributed by atoms with Gasteiger partial charge in [-0.3, -0.25) is 0 Å². The molecule has 0 aliphatic carbocycles. The van der Waals surface area contributed by atoms with Gasteiger partial charge in [0.2, 0.25) is 0 Å². The summed E-state index contributed by atoms with van der Waals surface area (Å²) in [5.74, 6) is 1.56. The van der Waals surface area contributed by atoms with Crippen LogP contribution >= 0.6 is 0 Å². The maximum atomic E-state index is 5.70. The fourth-order valence-corrected chi connectivity index (χ4v) is 2.11. The fourth-order valence-electron chi connectivity index (χ4n) is 2.11. The van der Waals surface area contributed by atoms with Gasteiger partial charge in [0, 0.05) is 6.61 Å². The lowest BCUT2D eigenvalue weighted by Crippen LogP contribution is -2.38. The van der Waals surface area contributed by atoms with Gasteiger partial charge in [0.05, 0.1) is 5.60 Å². The first-order valence-corrected chi connectivity index (χ1v) is 5.84. The van der Waals surface area contributed by atoms with Crippen LogP contribution in [0.1, 0.15) is 40.5 Å². The lowest BCUT2D eigenvalue weighted by Gasteiger charge is -2.35. The van der Waals surface area contributed by atoms with Crippen molar-refractivity contribution in [3.8, 4) is 0 Å². The molecule has 1 heterocycles. The highest BCUT2D eigenvalue weighted by Gasteiger charge is 2.28. The van der Waals surface area contributed by atoms with Crippen LogP contribution in [0.5, 0.6) is 0 Å². The summed E-state index contributed by atoms with van der Waals surface area (Å²) in [6.45, 7) is 12.1. The maximum Gasteiger partial charge on any atom is 0.0629 e. The van der Waals surface area contributed by atoms with E-state index >= 15 is 0 Å². The van der Waals surface area contributed by atoms with Gasteiger partial charge in [-0.2, -0.15) is 0 Å². The zero-order valence-corrected chi connectivity index (χ0v) is 10.1. The van der Waals surface area contributed by atoms with Gasteiger partial charge in [0.15, 0.2) is 0 Å². The summed E-state index contributed by atoms with van der Waals surface area (Å²) < 4.78 is 5.70. The van der Waals surface area contributed by atoms with Crippen LogP contribution < -0.4 is 5.32 Å². The number of ether oxygens (including phenoxy) is 1. The maximum absolute atomic E-state index is 5.70. The third-order valence-electron chi connectivity index (χ3n) is 2.78. The normalized spacial score (nSPS) is 26.8. The van der Waals surface area contributed by atoms with Gasteiger partial charge in [0.1, 0.15) is 0 Å². The Labute approximate surface area is 88.4 Å². The van der Waals surface area contributed by atoms with Crippen LogP contribution in [0, 0.1) is 11.8 Å². The van der Waals surface area contributed by atoms with Crippen molar-refractivity contribution in [3.05, 3.63) is 0 Å². The third-order valence-corrected chi connectivity index (χ3v) is 2.78. The first-order chi connectivity index (χ1) is 6.49. The Morgan fingerprint density at radius 3 is 2.71 bits per heavy atom. The monoisotopic (exact) mass is 199 g/mol. The molecule has 2 nitrogen and oxygen atoms in total. The van der Waals surface area contributed by atoms with Gasteiger partial charge < -0.3 is 10.1 Å². The molecule has 2 heteroatoms. The van der Waals surface area contributed by atoms with Crippen molar-refractivity contribution in [2.24, 2.45) is 11.8 Å². The minimum Gasteiger partial charge on any atom is -0.376 e. The Hall–Kier alpha value is -0.0800. The molecule has 1 N–H and O–H groups in total. The zero-order valence-electron chi connectivity index (χ0n) is 10.1. The van der Waals surface area contributed by atoms with Crippen LogP contribution in [0.3, 0.4) is 0 Å². The van der Waals surface area contributed by atoms with Crippen LogP contribution in [0.15, 0.2) is 0 Å². The molecule has 0 spiro atoms. The highest BCUT2D eigenvalue weighted by atomic mass is 16.5. The number of rotatable bonds is 4. The van der Waals surface area contributed by atoms with E-state index in [0.717, 1.165) is 31.5 Å². The van der Waals surface area contributed by atoms with Crippen LogP contribution in [0.2, 0.25) is 0 Å². The largest absolute Gasteiger partial charge is 0.376 e. The molecule has 14 heavy (non-hydrogen) atoms. The first kappa shape index (κ1) is 12.0. The second kappa shape index (κ2) is 5.13. The quantitative estimate of drug-likeness (QED) is 0.751. The van der Waals surface area contributed by atoms with E-state index in [-0.39, 0.29) is 5.60 Å². The molecule has 0 aromatic carbocycles. The summed E-state index contributed by atoms with van der Waals surface area (Å²) in [5.41, 5.74) is 0.0996. The predicted molar refractivity (Wildman–Crippen MR) is 60.5 cm³/mol. The van der Waals surface area contributed by atoms with E-state index in [9.17, 15) is 0 Å². The van der Waals surface area contributed by atoms with Crippen LogP contribution in [0.25, 0.3) is 0 Å². The van der Waals surface area contributed by atoms with Crippen molar-refractivity contribution < 1.29 is 4.74 Å². The van der Waals surface area contributed by atoms with E-state index < -0.39 is 0 Å². The predicted octanol–water partition coefficient (Wildman–Crippen LogP) is 2.44. The Morgan fingerprint density at radius 2 is 2.14 bits per heavy atom. The van der Waals surface area contributed by atoms with Crippen molar-refractivity contribution >= 4 is 0 Å². The molecule has 0 unspecified atom stereocenters. The van der Waals surface area contributed by atoms with Crippen LogP contribution in [-0.2, 0) is 4.74 Å². The average molecular weight is 199 g/mol. The van der Waals surface area contributed by atoms with E-state index in [4.69, 9.17) is 4.74 Å². The molecule has 0 aromatic rings. The molecule has 1 aliphatic heterocycles. The van der Waals surface area contributed by atoms with Crippen molar-refractivity contribution in [3.63, 3.8) is 0 Å². The van der Waals surface area contributed by atoms with Crippen molar-refractivity contribution in [2.75, 3.05) is 19.7 Å². The van der Waals surface area contributed by atoms with Crippen LogP contribution in [0.4, 0.5) is 0 Å². The van der Waals surface area contributed by atoms with Gasteiger partial charge in [-0.05, 0) is 51.6 Å². The Bertz CT molecular complexity index is 166. The molecule has 84 valence electrons. The highest BCUT2D eigenvalue weighted by molar-refractivity contribution is 4.79. The minimum absolute atomic E-state index is 0.0996. The number of nitrogens with one attached hydrogen (secondary N) is 1. The summed E-state index contributed by atoms with van der Waals surface area (Å²) in [7, 11) is 0. The van der Waals surface area contributed by atoms with Gasteiger partial charge >= 0.3 is 0 Å². The highest BCUT2D eigenvalue weighted by Crippen LogP contribution is 2.27. The molecule has 0 aromatic heterocycles. The Balaban J connectivity index is 2.18. The molecule has 1 atom stereocenters. The molecule has 0 radical (unpaired) electrons. The van der Waals surface area contributed by atoms with Crippen molar-refractivity contribution in [2.45, 2.75) is 46.1 Å². The summed E-state index contributed by atoms with van der Waals surface area (Å²) in [6, 6.07) is 0. The first-order valence-electron chi connectivity index (χ1n) is 5.84. The Kier molecular flexibility index (Phi) is 4.39.